The number of hydrogen-bond donors (Lipinski definition) is 1. The largest absolute Gasteiger partial charge is 0.363 e. The van der Waals surface area contributed by atoms with Gasteiger partial charge in [0.1, 0.15) is 12.1 Å². The summed E-state index contributed by atoms with van der Waals surface area (Å²) in [5.41, 5.74) is 3.34. The zero-order valence-electron chi connectivity index (χ0n) is 21.2. The van der Waals surface area contributed by atoms with Crippen LogP contribution in [0.2, 0.25) is 0 Å². The van der Waals surface area contributed by atoms with Gasteiger partial charge in [0.25, 0.3) is 0 Å². The first-order chi connectivity index (χ1) is 16.9. The van der Waals surface area contributed by atoms with E-state index in [2.05, 4.69) is 66.6 Å². The normalized spacial score (nSPS) is 17.2. The standard InChI is InChI=1S/C26H36N8O/c1-20-12-24(30-32(20)4)29-26(35)18-34-11-10-33(15-21-8-6-5-7-9-21)16-22(17-34)13-23-14-25(31(2)3)28-19-27-23/h5-9,12,14,19,22H,10-11,13,15-18H2,1-4H3,(H,29,30,35)/t22-/m0/s1. The molecule has 0 spiro atoms. The van der Waals surface area contributed by atoms with E-state index in [0.717, 1.165) is 56.4 Å². The zero-order chi connectivity index (χ0) is 24.8. The van der Waals surface area contributed by atoms with Crippen molar-refractivity contribution in [3.63, 3.8) is 0 Å². The number of carbonyl (C=O) groups excluding carboxylic acids is 1. The molecule has 0 radical (unpaired) electrons. The lowest BCUT2D eigenvalue weighted by molar-refractivity contribution is -0.117. The minimum absolute atomic E-state index is 0.0321. The number of amides is 1. The summed E-state index contributed by atoms with van der Waals surface area (Å²) in [7, 11) is 5.85. The zero-order valence-corrected chi connectivity index (χ0v) is 21.2. The molecule has 3 aromatic rings. The molecule has 35 heavy (non-hydrogen) atoms. The molecule has 0 bridgehead atoms. The molecule has 0 unspecified atom stereocenters. The average molecular weight is 477 g/mol. The van der Waals surface area contributed by atoms with Crippen LogP contribution in [0.5, 0.6) is 0 Å². The van der Waals surface area contributed by atoms with Crippen LogP contribution in [0.25, 0.3) is 0 Å². The molecule has 1 atom stereocenters. The summed E-state index contributed by atoms with van der Waals surface area (Å²) in [5.74, 6) is 1.82. The third kappa shape index (κ3) is 7.10. The smallest absolute Gasteiger partial charge is 0.239 e. The van der Waals surface area contributed by atoms with Crippen molar-refractivity contribution < 1.29 is 4.79 Å². The molecule has 0 saturated carbocycles. The number of anilines is 2. The summed E-state index contributed by atoms with van der Waals surface area (Å²) in [5, 5.41) is 7.31. The highest BCUT2D eigenvalue weighted by Gasteiger charge is 2.25. The number of carbonyl (C=O) groups is 1. The van der Waals surface area contributed by atoms with E-state index in [1.165, 1.54) is 5.56 Å². The molecule has 2 aromatic heterocycles. The van der Waals surface area contributed by atoms with Crippen LogP contribution < -0.4 is 10.2 Å². The van der Waals surface area contributed by atoms with Gasteiger partial charge in [0, 0.05) is 77.4 Å². The molecular weight excluding hydrogens is 440 g/mol. The summed E-state index contributed by atoms with van der Waals surface area (Å²) in [4.78, 5) is 28.5. The number of nitrogens with zero attached hydrogens (tertiary/aromatic N) is 7. The second-order valence-corrected chi connectivity index (χ2v) is 9.63. The maximum Gasteiger partial charge on any atom is 0.239 e. The SMILES string of the molecule is Cc1cc(NC(=O)CN2CCN(Cc3ccccc3)C[C@H](Cc3cc(N(C)C)ncn3)C2)nn1C. The highest BCUT2D eigenvalue weighted by Crippen LogP contribution is 2.18. The second-order valence-electron chi connectivity index (χ2n) is 9.63. The molecule has 186 valence electrons. The minimum Gasteiger partial charge on any atom is -0.363 e. The Morgan fingerprint density at radius 3 is 2.54 bits per heavy atom. The molecule has 3 heterocycles. The van der Waals surface area contributed by atoms with Crippen LogP contribution in [-0.2, 0) is 24.8 Å². The van der Waals surface area contributed by atoms with Gasteiger partial charge in [0.05, 0.1) is 6.54 Å². The van der Waals surface area contributed by atoms with Crippen molar-refractivity contribution in [3.05, 3.63) is 65.7 Å². The van der Waals surface area contributed by atoms with Crippen LogP contribution >= 0.6 is 0 Å². The van der Waals surface area contributed by atoms with Crippen molar-refractivity contribution in [3.8, 4) is 0 Å². The second kappa shape index (κ2) is 11.4. The number of aromatic nitrogens is 4. The summed E-state index contributed by atoms with van der Waals surface area (Å²) >= 11 is 0. The first kappa shape index (κ1) is 24.8. The van der Waals surface area contributed by atoms with Crippen molar-refractivity contribution in [2.45, 2.75) is 19.9 Å². The minimum atomic E-state index is -0.0321. The van der Waals surface area contributed by atoms with Crippen molar-refractivity contribution in [2.75, 3.05) is 57.0 Å². The summed E-state index contributed by atoms with van der Waals surface area (Å²) < 4.78 is 1.77. The number of hydrogen-bond acceptors (Lipinski definition) is 7. The molecule has 4 rings (SSSR count). The van der Waals surface area contributed by atoms with Gasteiger partial charge < -0.3 is 10.2 Å². The highest BCUT2D eigenvalue weighted by molar-refractivity contribution is 5.91. The Balaban J connectivity index is 1.45. The monoisotopic (exact) mass is 476 g/mol. The number of aryl methyl sites for hydroxylation is 2. The van der Waals surface area contributed by atoms with E-state index in [1.807, 2.05) is 39.0 Å². The predicted molar refractivity (Wildman–Crippen MR) is 138 cm³/mol. The van der Waals surface area contributed by atoms with Crippen molar-refractivity contribution >= 4 is 17.5 Å². The van der Waals surface area contributed by atoms with Gasteiger partial charge in [-0.1, -0.05) is 30.3 Å². The van der Waals surface area contributed by atoms with Gasteiger partial charge in [-0.3, -0.25) is 19.3 Å². The maximum atomic E-state index is 12.8. The van der Waals surface area contributed by atoms with Crippen molar-refractivity contribution in [1.82, 2.24) is 29.5 Å². The fraction of sp³-hybridized carbons (Fsp3) is 0.462. The van der Waals surface area contributed by atoms with Gasteiger partial charge in [-0.25, -0.2) is 9.97 Å². The van der Waals surface area contributed by atoms with Crippen LogP contribution in [0.15, 0.2) is 48.8 Å². The molecule has 1 fully saturated rings. The first-order valence-corrected chi connectivity index (χ1v) is 12.1. The molecule has 0 aliphatic carbocycles. The third-order valence-electron chi connectivity index (χ3n) is 6.43. The fourth-order valence-corrected chi connectivity index (χ4v) is 4.56. The lowest BCUT2D eigenvalue weighted by Crippen LogP contribution is -2.37. The topological polar surface area (TPSA) is 82.4 Å². The van der Waals surface area contributed by atoms with Crippen LogP contribution in [0, 0.1) is 12.8 Å². The fourth-order valence-electron chi connectivity index (χ4n) is 4.56. The van der Waals surface area contributed by atoms with Gasteiger partial charge in [0.15, 0.2) is 5.82 Å². The first-order valence-electron chi connectivity index (χ1n) is 12.1. The molecule has 1 aliphatic heterocycles. The van der Waals surface area contributed by atoms with Gasteiger partial charge in [0.2, 0.25) is 5.91 Å². The molecule has 1 amide bonds. The van der Waals surface area contributed by atoms with Crippen molar-refractivity contribution in [2.24, 2.45) is 13.0 Å². The van der Waals surface area contributed by atoms with Gasteiger partial charge in [-0.15, -0.1) is 0 Å². The molecule has 9 nitrogen and oxygen atoms in total. The number of rotatable bonds is 8. The van der Waals surface area contributed by atoms with E-state index in [0.29, 0.717) is 18.3 Å². The summed E-state index contributed by atoms with van der Waals surface area (Å²) in [6, 6.07) is 14.5. The van der Waals surface area contributed by atoms with E-state index >= 15 is 0 Å². The summed E-state index contributed by atoms with van der Waals surface area (Å²) in [6.07, 6.45) is 2.48. The lowest BCUT2D eigenvalue weighted by atomic mass is 10.0. The number of benzene rings is 1. The Labute approximate surface area is 207 Å². The lowest BCUT2D eigenvalue weighted by Gasteiger charge is -2.24. The quantitative estimate of drug-likeness (QED) is 0.534. The average Bonchev–Trinajstić information content (AvgIpc) is 3.02. The van der Waals surface area contributed by atoms with Gasteiger partial charge in [-0.05, 0) is 24.8 Å². The van der Waals surface area contributed by atoms with Crippen molar-refractivity contribution in [1.29, 1.82) is 0 Å². The van der Waals surface area contributed by atoms with E-state index in [4.69, 9.17) is 0 Å². The molecule has 9 heteroatoms. The van der Waals surface area contributed by atoms with E-state index in [-0.39, 0.29) is 5.91 Å². The molecule has 1 aromatic carbocycles. The number of nitrogens with one attached hydrogen (secondary N) is 1. The molecule has 1 saturated heterocycles. The molecular formula is C26H36N8O. The van der Waals surface area contributed by atoms with E-state index in [9.17, 15) is 4.79 Å². The third-order valence-corrected chi connectivity index (χ3v) is 6.43. The molecule has 1 N–H and O–H groups in total. The van der Waals surface area contributed by atoms with Gasteiger partial charge in [-0.2, -0.15) is 5.10 Å². The Hall–Kier alpha value is -3.30. The van der Waals surface area contributed by atoms with E-state index < -0.39 is 0 Å². The van der Waals surface area contributed by atoms with Crippen LogP contribution in [-0.4, -0.2) is 82.3 Å². The Bertz CT molecular complexity index is 1090. The van der Waals surface area contributed by atoms with Crippen LogP contribution in [0.4, 0.5) is 11.6 Å². The van der Waals surface area contributed by atoms with Gasteiger partial charge >= 0.3 is 0 Å². The Kier molecular flexibility index (Phi) is 8.09. The molecule has 1 aliphatic rings. The summed E-state index contributed by atoms with van der Waals surface area (Å²) in [6.45, 7) is 6.75. The van der Waals surface area contributed by atoms with Crippen LogP contribution in [0.1, 0.15) is 17.0 Å². The maximum absolute atomic E-state index is 12.8. The predicted octanol–water partition coefficient (Wildman–Crippen LogP) is 2.20. The van der Waals surface area contributed by atoms with E-state index in [1.54, 1.807) is 11.0 Å². The highest BCUT2D eigenvalue weighted by atomic mass is 16.2. The Morgan fingerprint density at radius 1 is 1.09 bits per heavy atom. The Morgan fingerprint density at radius 2 is 1.83 bits per heavy atom. The van der Waals surface area contributed by atoms with Crippen LogP contribution in [0.3, 0.4) is 0 Å².